The number of benzene rings is 1. The Balaban J connectivity index is 2.61. The van der Waals surface area contributed by atoms with E-state index in [1.165, 1.54) is 26.0 Å². The van der Waals surface area contributed by atoms with Crippen LogP contribution in [-0.4, -0.2) is 30.2 Å². The number of halogens is 3. The van der Waals surface area contributed by atoms with E-state index in [2.05, 4.69) is 4.40 Å². The van der Waals surface area contributed by atoms with Crippen LogP contribution in [0.2, 0.25) is 0 Å². The van der Waals surface area contributed by atoms with Gasteiger partial charge in [0.15, 0.2) is 5.78 Å². The molecule has 0 heterocycles. The highest BCUT2D eigenvalue weighted by Gasteiger charge is 2.48. The third-order valence-corrected chi connectivity index (χ3v) is 6.51. The Morgan fingerprint density at radius 1 is 1.17 bits per heavy atom. The van der Waals surface area contributed by atoms with E-state index < -0.39 is 26.1 Å². The van der Waals surface area contributed by atoms with Gasteiger partial charge in [-0.15, -0.1) is 23.2 Å². The van der Waals surface area contributed by atoms with E-state index in [0.717, 1.165) is 5.56 Å². The van der Waals surface area contributed by atoms with Crippen LogP contribution in [0.4, 0.5) is 0 Å². The lowest BCUT2D eigenvalue weighted by atomic mass is 9.87. The highest BCUT2D eigenvalue weighted by molar-refractivity contribution is 7.90. The number of carbonyl (C=O) groups is 1. The van der Waals surface area contributed by atoms with Crippen LogP contribution in [-0.2, 0) is 14.8 Å². The minimum atomic E-state index is -3.99. The van der Waals surface area contributed by atoms with E-state index in [1.807, 2.05) is 6.92 Å². The maximum atomic E-state index is 12.5. The van der Waals surface area contributed by atoms with Gasteiger partial charge < -0.3 is 0 Å². The van der Waals surface area contributed by atoms with Gasteiger partial charge >= 0.3 is 0 Å². The second kappa shape index (κ2) is 6.20. The van der Waals surface area contributed by atoms with Crippen molar-refractivity contribution < 1.29 is 13.2 Å². The van der Waals surface area contributed by atoms with Gasteiger partial charge in [0.05, 0.1) is 15.6 Å². The van der Waals surface area contributed by atoms with Crippen LogP contribution in [0, 0.1) is 6.92 Å². The maximum absolute atomic E-state index is 12.5. The lowest BCUT2D eigenvalue weighted by Gasteiger charge is -2.32. The van der Waals surface area contributed by atoms with Crippen molar-refractivity contribution in [1.82, 2.24) is 0 Å². The molecule has 2 rings (SSSR count). The lowest BCUT2D eigenvalue weighted by molar-refractivity contribution is -0.117. The molecule has 124 valence electrons. The Bertz CT molecular complexity index is 824. The summed E-state index contributed by atoms with van der Waals surface area (Å²) >= 11 is 18.3. The molecular weight excluding hydrogens is 381 g/mol. The quantitative estimate of drug-likeness (QED) is 0.716. The minimum absolute atomic E-state index is 0.0191. The molecule has 1 aliphatic rings. The van der Waals surface area contributed by atoms with Gasteiger partial charge in [-0.1, -0.05) is 29.3 Å². The van der Waals surface area contributed by atoms with Gasteiger partial charge in [-0.25, -0.2) is 0 Å². The standard InChI is InChI=1S/C15H14Cl3NO3S/c1-8-4-6-10(7-5-8)23(21,22)19-12-9(2)11(16)14(20)15(3,18)13(12)17/h4-7,13H,1-3H3/t13-,15+/m0/s1. The van der Waals surface area contributed by atoms with E-state index in [9.17, 15) is 13.2 Å². The lowest BCUT2D eigenvalue weighted by Crippen LogP contribution is -2.48. The van der Waals surface area contributed by atoms with Gasteiger partial charge in [-0.05, 0) is 38.5 Å². The minimum Gasteiger partial charge on any atom is -0.291 e. The third kappa shape index (κ3) is 3.33. The molecule has 1 aromatic rings. The average Bonchev–Trinajstić information content (AvgIpc) is 2.49. The van der Waals surface area contributed by atoms with Gasteiger partial charge in [0.2, 0.25) is 0 Å². The SMILES string of the molecule is CC1=C(Cl)C(=O)[C@](C)(Cl)[C@@H](Cl)C1=NS(=O)(=O)c1ccc(C)cc1. The van der Waals surface area contributed by atoms with Crippen molar-refractivity contribution in [2.24, 2.45) is 4.40 Å². The zero-order chi connectivity index (χ0) is 17.6. The normalized spacial score (nSPS) is 27.7. The van der Waals surface area contributed by atoms with Crippen LogP contribution in [0.3, 0.4) is 0 Å². The van der Waals surface area contributed by atoms with Crippen LogP contribution in [0.5, 0.6) is 0 Å². The summed E-state index contributed by atoms with van der Waals surface area (Å²) < 4.78 is 28.7. The predicted molar refractivity (Wildman–Crippen MR) is 93.3 cm³/mol. The highest BCUT2D eigenvalue weighted by Crippen LogP contribution is 2.38. The third-order valence-electron chi connectivity index (χ3n) is 3.61. The summed E-state index contributed by atoms with van der Waals surface area (Å²) in [5, 5.41) is -1.27. The van der Waals surface area contributed by atoms with Crippen LogP contribution in [0.15, 0.2) is 44.2 Å². The van der Waals surface area contributed by atoms with E-state index in [4.69, 9.17) is 34.8 Å². The number of aryl methyl sites for hydroxylation is 1. The molecule has 4 nitrogen and oxygen atoms in total. The zero-order valence-electron chi connectivity index (χ0n) is 12.6. The summed E-state index contributed by atoms with van der Waals surface area (Å²) in [4.78, 5) is 10.5. The van der Waals surface area contributed by atoms with Crippen molar-refractivity contribution in [1.29, 1.82) is 0 Å². The number of Topliss-reactive ketones (excluding diaryl/α,β-unsaturated/α-hetero) is 1. The molecule has 2 atom stereocenters. The molecule has 23 heavy (non-hydrogen) atoms. The topological polar surface area (TPSA) is 63.6 Å². The highest BCUT2D eigenvalue weighted by atomic mass is 35.5. The van der Waals surface area contributed by atoms with Crippen molar-refractivity contribution in [3.05, 3.63) is 40.4 Å². The summed E-state index contributed by atoms with van der Waals surface area (Å²) in [7, 11) is -3.99. The van der Waals surface area contributed by atoms with Gasteiger partial charge in [0, 0.05) is 0 Å². The summed E-state index contributed by atoms with van der Waals surface area (Å²) in [5.41, 5.74) is 1.11. The number of ketones is 1. The van der Waals surface area contributed by atoms with Crippen molar-refractivity contribution >= 4 is 56.3 Å². The van der Waals surface area contributed by atoms with Gasteiger partial charge in [-0.2, -0.15) is 12.8 Å². The van der Waals surface area contributed by atoms with Crippen LogP contribution >= 0.6 is 34.8 Å². The predicted octanol–water partition coefficient (Wildman–Crippen LogP) is 3.83. The van der Waals surface area contributed by atoms with Crippen molar-refractivity contribution in [3.63, 3.8) is 0 Å². The fraction of sp³-hybridized carbons (Fsp3) is 0.333. The largest absolute Gasteiger partial charge is 0.291 e. The summed E-state index contributed by atoms with van der Waals surface area (Å²) in [5.74, 6) is -0.551. The van der Waals surface area contributed by atoms with Gasteiger partial charge in [0.25, 0.3) is 10.0 Å². The molecule has 0 aromatic heterocycles. The fourth-order valence-electron chi connectivity index (χ4n) is 2.07. The summed E-state index contributed by atoms with van der Waals surface area (Å²) in [6, 6.07) is 6.23. The molecule has 0 N–H and O–H groups in total. The second-order valence-electron chi connectivity index (χ2n) is 5.47. The molecule has 0 radical (unpaired) electrons. The molecule has 0 saturated carbocycles. The van der Waals surface area contributed by atoms with Crippen LogP contribution in [0.1, 0.15) is 19.4 Å². The first-order valence-electron chi connectivity index (χ1n) is 6.64. The molecule has 0 amide bonds. The molecular formula is C15H14Cl3NO3S. The first kappa shape index (κ1) is 18.5. The molecule has 0 unspecified atom stereocenters. The maximum Gasteiger partial charge on any atom is 0.282 e. The number of hydrogen-bond donors (Lipinski definition) is 0. The molecule has 0 saturated heterocycles. The number of alkyl halides is 2. The number of carbonyl (C=O) groups excluding carboxylic acids is 1. The molecule has 0 fully saturated rings. The molecule has 1 aliphatic carbocycles. The number of rotatable bonds is 2. The van der Waals surface area contributed by atoms with Gasteiger partial charge in [0.1, 0.15) is 10.3 Å². The molecule has 0 spiro atoms. The first-order valence-corrected chi connectivity index (χ1v) is 9.28. The van der Waals surface area contributed by atoms with E-state index in [1.54, 1.807) is 12.1 Å². The second-order valence-corrected chi connectivity index (χ2v) is 8.67. The van der Waals surface area contributed by atoms with Crippen molar-refractivity contribution in [2.75, 3.05) is 0 Å². The summed E-state index contributed by atoms with van der Waals surface area (Å²) in [6.45, 7) is 4.72. The molecule has 0 aliphatic heterocycles. The Morgan fingerprint density at radius 3 is 2.22 bits per heavy atom. The smallest absolute Gasteiger partial charge is 0.282 e. The molecule has 8 heteroatoms. The Morgan fingerprint density at radius 2 is 1.70 bits per heavy atom. The Kier molecular flexibility index (Phi) is 4.98. The monoisotopic (exact) mass is 393 g/mol. The van der Waals surface area contributed by atoms with E-state index in [0.29, 0.717) is 0 Å². The number of nitrogens with zero attached hydrogens (tertiary/aromatic N) is 1. The molecule has 1 aromatic carbocycles. The number of hydrogen-bond acceptors (Lipinski definition) is 3. The van der Waals surface area contributed by atoms with Crippen LogP contribution < -0.4 is 0 Å². The van der Waals surface area contributed by atoms with E-state index in [-0.39, 0.29) is 21.2 Å². The Hall–Kier alpha value is -0.880. The average molecular weight is 395 g/mol. The Labute approximate surface area is 150 Å². The summed E-state index contributed by atoms with van der Waals surface area (Å²) in [6.07, 6.45) is 0. The first-order chi connectivity index (χ1) is 10.5. The van der Waals surface area contributed by atoms with Crippen molar-refractivity contribution in [3.8, 4) is 0 Å². The fourth-order valence-corrected chi connectivity index (χ4v) is 4.06. The number of sulfonamides is 1. The van der Waals surface area contributed by atoms with Crippen molar-refractivity contribution in [2.45, 2.75) is 35.9 Å². The zero-order valence-corrected chi connectivity index (χ0v) is 15.7. The van der Waals surface area contributed by atoms with E-state index >= 15 is 0 Å². The van der Waals surface area contributed by atoms with Gasteiger partial charge in [-0.3, -0.25) is 4.79 Å². The number of allylic oxidation sites excluding steroid dienone is 2. The molecule has 0 bridgehead atoms. The van der Waals surface area contributed by atoms with Crippen LogP contribution in [0.25, 0.3) is 0 Å².